The number of alkyl halides is 1. The van der Waals surface area contributed by atoms with Crippen LogP contribution in [0.25, 0.3) is 0 Å². The predicted molar refractivity (Wildman–Crippen MR) is 39.2 cm³/mol. The van der Waals surface area contributed by atoms with Crippen molar-refractivity contribution in [3.63, 3.8) is 0 Å². The van der Waals surface area contributed by atoms with Gasteiger partial charge in [0.2, 0.25) is 0 Å². The third-order valence-corrected chi connectivity index (χ3v) is 1.79. The average Bonchev–Trinajstić information content (AvgIpc) is 1.83. The zero-order valence-electron chi connectivity index (χ0n) is 4.97. The molecule has 0 saturated carbocycles. The molecule has 0 aliphatic rings. The molecule has 0 bridgehead atoms. The van der Waals surface area contributed by atoms with Gasteiger partial charge in [0.25, 0.3) is 0 Å². The molecule has 2 heteroatoms. The van der Waals surface area contributed by atoms with Crippen molar-refractivity contribution in [1.29, 1.82) is 0 Å². The molecule has 1 nitrogen and oxygen atoms in total. The molecule has 48 valence electrons. The van der Waals surface area contributed by atoms with Crippen molar-refractivity contribution in [2.24, 2.45) is 0 Å². The first-order chi connectivity index (χ1) is 3.81. The van der Waals surface area contributed by atoms with Gasteiger partial charge in [0.1, 0.15) is 0 Å². The van der Waals surface area contributed by atoms with Crippen molar-refractivity contribution in [3.8, 4) is 0 Å². The lowest BCUT2D eigenvalue weighted by molar-refractivity contribution is 0.342. The second kappa shape index (κ2) is 5.32. The van der Waals surface area contributed by atoms with Crippen LogP contribution in [0.15, 0.2) is 12.2 Å². The minimum Gasteiger partial charge on any atom is -0.392 e. The van der Waals surface area contributed by atoms with E-state index in [1.54, 1.807) is 6.08 Å². The third kappa shape index (κ3) is 4.34. The maximum atomic E-state index is 8.30. The largest absolute Gasteiger partial charge is 0.392 e. The lowest BCUT2D eigenvalue weighted by Crippen LogP contribution is -1.87. The van der Waals surface area contributed by atoms with Crippen LogP contribution in [0.3, 0.4) is 0 Å². The molecule has 1 N–H and O–H groups in total. The van der Waals surface area contributed by atoms with Crippen LogP contribution in [0.1, 0.15) is 13.3 Å². The summed E-state index contributed by atoms with van der Waals surface area (Å²) in [6, 6.07) is 0. The van der Waals surface area contributed by atoms with Gasteiger partial charge in [-0.15, -0.1) is 0 Å². The van der Waals surface area contributed by atoms with Crippen molar-refractivity contribution >= 4 is 15.9 Å². The van der Waals surface area contributed by atoms with E-state index in [2.05, 4.69) is 22.9 Å². The number of allylic oxidation sites excluding steroid dienone is 1. The molecule has 1 unspecified atom stereocenters. The maximum Gasteiger partial charge on any atom is 0.0612 e. The first-order valence-corrected chi connectivity index (χ1v) is 3.64. The van der Waals surface area contributed by atoms with Gasteiger partial charge in [-0.05, 0) is 6.42 Å². The first-order valence-electron chi connectivity index (χ1n) is 2.72. The molecule has 8 heavy (non-hydrogen) atoms. The number of hydrogen-bond donors (Lipinski definition) is 1. The van der Waals surface area contributed by atoms with E-state index >= 15 is 0 Å². The Bertz CT molecular complexity index is 70.9. The number of rotatable bonds is 3. The molecule has 0 amide bonds. The van der Waals surface area contributed by atoms with E-state index in [1.807, 2.05) is 6.08 Å². The van der Waals surface area contributed by atoms with Gasteiger partial charge in [0.05, 0.1) is 6.61 Å². The summed E-state index contributed by atoms with van der Waals surface area (Å²) in [7, 11) is 0. The second-order valence-electron chi connectivity index (χ2n) is 1.53. The van der Waals surface area contributed by atoms with Crippen molar-refractivity contribution in [2.75, 3.05) is 6.61 Å². The van der Waals surface area contributed by atoms with E-state index in [4.69, 9.17) is 5.11 Å². The zero-order chi connectivity index (χ0) is 6.41. The van der Waals surface area contributed by atoms with E-state index in [9.17, 15) is 0 Å². The molecular weight excluding hydrogens is 168 g/mol. The summed E-state index contributed by atoms with van der Waals surface area (Å²) >= 11 is 3.38. The van der Waals surface area contributed by atoms with Gasteiger partial charge in [-0.2, -0.15) is 0 Å². The van der Waals surface area contributed by atoms with Gasteiger partial charge in [-0.25, -0.2) is 0 Å². The smallest absolute Gasteiger partial charge is 0.0612 e. The molecule has 0 fully saturated rings. The molecule has 0 aromatic heterocycles. The van der Waals surface area contributed by atoms with Crippen LogP contribution >= 0.6 is 15.9 Å². The minimum absolute atomic E-state index is 0.141. The average molecular weight is 179 g/mol. The number of hydrogen-bond acceptors (Lipinski definition) is 1. The maximum absolute atomic E-state index is 8.30. The van der Waals surface area contributed by atoms with Crippen molar-refractivity contribution < 1.29 is 5.11 Å². The highest BCUT2D eigenvalue weighted by molar-refractivity contribution is 9.09. The van der Waals surface area contributed by atoms with Crippen molar-refractivity contribution in [2.45, 2.75) is 18.2 Å². The van der Waals surface area contributed by atoms with E-state index in [-0.39, 0.29) is 6.61 Å². The van der Waals surface area contributed by atoms with Crippen molar-refractivity contribution in [3.05, 3.63) is 12.2 Å². The Hall–Kier alpha value is 0.180. The Balaban J connectivity index is 3.21. The van der Waals surface area contributed by atoms with Crippen LogP contribution < -0.4 is 0 Å². The van der Waals surface area contributed by atoms with E-state index in [0.29, 0.717) is 4.83 Å². The van der Waals surface area contributed by atoms with E-state index in [1.165, 1.54) is 0 Å². The standard InChI is InChI=1S/C6H11BrO/c1-2-6(7)4-3-5-8/h3-4,6,8H,2,5H2,1H3. The van der Waals surface area contributed by atoms with E-state index < -0.39 is 0 Å². The molecule has 0 rings (SSSR count). The highest BCUT2D eigenvalue weighted by atomic mass is 79.9. The molecule has 0 aliphatic carbocycles. The van der Waals surface area contributed by atoms with Crippen LogP contribution in [0.5, 0.6) is 0 Å². The summed E-state index contributed by atoms with van der Waals surface area (Å²) < 4.78 is 0. The quantitative estimate of drug-likeness (QED) is 0.516. The van der Waals surface area contributed by atoms with Crippen LogP contribution in [0.4, 0.5) is 0 Å². The Kier molecular flexibility index (Phi) is 5.44. The normalized spacial score (nSPS) is 14.9. The molecular formula is C6H11BrO. The lowest BCUT2D eigenvalue weighted by atomic mass is 10.3. The molecule has 0 saturated heterocycles. The third-order valence-electron chi connectivity index (χ3n) is 0.840. The highest BCUT2D eigenvalue weighted by Gasteiger charge is 1.89. The fourth-order valence-corrected chi connectivity index (χ4v) is 0.560. The van der Waals surface area contributed by atoms with Gasteiger partial charge < -0.3 is 5.11 Å². The summed E-state index contributed by atoms with van der Waals surface area (Å²) in [4.78, 5) is 0.426. The topological polar surface area (TPSA) is 20.2 Å². The van der Waals surface area contributed by atoms with Gasteiger partial charge in [-0.3, -0.25) is 0 Å². The van der Waals surface area contributed by atoms with Gasteiger partial charge in [-0.1, -0.05) is 35.0 Å². The summed E-state index contributed by atoms with van der Waals surface area (Å²) in [5.41, 5.74) is 0. The number of halogens is 1. The monoisotopic (exact) mass is 178 g/mol. The Morgan fingerprint density at radius 1 is 1.75 bits per heavy atom. The molecule has 0 heterocycles. The molecule has 0 aromatic rings. The van der Waals surface area contributed by atoms with Crippen LogP contribution in [0.2, 0.25) is 0 Å². The van der Waals surface area contributed by atoms with Crippen LogP contribution in [-0.2, 0) is 0 Å². The number of aliphatic hydroxyl groups excluding tert-OH is 1. The summed E-state index contributed by atoms with van der Waals surface area (Å²) in [5.74, 6) is 0. The highest BCUT2D eigenvalue weighted by Crippen LogP contribution is 2.04. The zero-order valence-corrected chi connectivity index (χ0v) is 6.56. The Morgan fingerprint density at radius 2 is 2.38 bits per heavy atom. The van der Waals surface area contributed by atoms with Crippen molar-refractivity contribution in [1.82, 2.24) is 0 Å². The summed E-state index contributed by atoms with van der Waals surface area (Å²) in [5, 5.41) is 8.30. The Morgan fingerprint density at radius 3 is 2.75 bits per heavy atom. The SMILES string of the molecule is CCC(Br)C=CCO. The lowest BCUT2D eigenvalue weighted by Gasteiger charge is -1.94. The van der Waals surface area contributed by atoms with Crippen LogP contribution in [0, 0.1) is 0 Å². The van der Waals surface area contributed by atoms with Gasteiger partial charge in [0, 0.05) is 4.83 Å². The summed E-state index contributed by atoms with van der Waals surface area (Å²) in [6.45, 7) is 2.23. The molecule has 1 atom stereocenters. The van der Waals surface area contributed by atoms with E-state index in [0.717, 1.165) is 6.42 Å². The second-order valence-corrected chi connectivity index (χ2v) is 2.71. The van der Waals surface area contributed by atoms with Gasteiger partial charge in [0.15, 0.2) is 0 Å². The fraction of sp³-hybridized carbons (Fsp3) is 0.667. The van der Waals surface area contributed by atoms with Gasteiger partial charge >= 0.3 is 0 Å². The van der Waals surface area contributed by atoms with Crippen LogP contribution in [-0.4, -0.2) is 16.5 Å². The number of aliphatic hydroxyl groups is 1. The molecule has 0 spiro atoms. The summed E-state index contributed by atoms with van der Waals surface area (Å²) in [6.07, 6.45) is 4.75. The molecule has 0 radical (unpaired) electrons. The fourth-order valence-electron chi connectivity index (χ4n) is 0.345. The first kappa shape index (κ1) is 8.18. The minimum atomic E-state index is 0.141. The molecule has 0 aliphatic heterocycles. The predicted octanol–water partition coefficient (Wildman–Crippen LogP) is 1.71. The molecule has 0 aromatic carbocycles. The Labute approximate surface area is 58.5 Å².